The Morgan fingerprint density at radius 1 is 1.03 bits per heavy atom. The number of ether oxygens (including phenoxy) is 2. The number of nitrogens with zero attached hydrogens (tertiary/aromatic N) is 1. The van der Waals surface area contributed by atoms with E-state index in [1.165, 1.54) is 5.56 Å². The number of nitrogens with one attached hydrogen (secondary N) is 3. The van der Waals surface area contributed by atoms with Gasteiger partial charge in [0.1, 0.15) is 0 Å². The fraction of sp³-hybridized carbons (Fsp3) is 0.417. The molecule has 1 aliphatic heterocycles. The number of rotatable bonds is 9. The van der Waals surface area contributed by atoms with Crippen LogP contribution in [0.4, 0.5) is 0 Å². The summed E-state index contributed by atoms with van der Waals surface area (Å²) in [6, 6.07) is 13.8. The summed E-state index contributed by atoms with van der Waals surface area (Å²) in [5, 5.41) is 9.62. The van der Waals surface area contributed by atoms with Crippen LogP contribution in [0.25, 0.3) is 0 Å². The van der Waals surface area contributed by atoms with Crippen molar-refractivity contribution >= 4 is 35.8 Å². The van der Waals surface area contributed by atoms with Gasteiger partial charge >= 0.3 is 0 Å². The summed E-state index contributed by atoms with van der Waals surface area (Å²) in [5.41, 5.74) is 2.90. The molecule has 2 aromatic rings. The van der Waals surface area contributed by atoms with Crippen LogP contribution < -0.4 is 25.4 Å². The first-order valence-electron chi connectivity index (χ1n) is 10.9. The van der Waals surface area contributed by atoms with E-state index < -0.39 is 0 Å². The molecule has 1 atom stereocenters. The van der Waals surface area contributed by atoms with Gasteiger partial charge in [0.2, 0.25) is 6.79 Å². The first kappa shape index (κ1) is 25.8. The summed E-state index contributed by atoms with van der Waals surface area (Å²) in [6.07, 6.45) is 1.76. The van der Waals surface area contributed by atoms with Crippen molar-refractivity contribution < 1.29 is 14.3 Å². The first-order chi connectivity index (χ1) is 15.1. The van der Waals surface area contributed by atoms with Crippen LogP contribution in [-0.2, 0) is 13.0 Å². The molecule has 0 saturated carbocycles. The molecular weight excluding hydrogens is 519 g/mol. The molecule has 0 radical (unpaired) electrons. The molecule has 174 valence electrons. The van der Waals surface area contributed by atoms with Gasteiger partial charge in [-0.05, 0) is 62.1 Å². The summed E-state index contributed by atoms with van der Waals surface area (Å²) in [6.45, 7) is 8.45. The van der Waals surface area contributed by atoms with Crippen molar-refractivity contribution in [1.82, 2.24) is 16.0 Å². The molecule has 1 heterocycles. The predicted molar refractivity (Wildman–Crippen MR) is 138 cm³/mol. The highest BCUT2D eigenvalue weighted by atomic mass is 127. The minimum atomic E-state index is -0.0390. The molecule has 0 fully saturated rings. The van der Waals surface area contributed by atoms with E-state index in [-0.39, 0.29) is 42.7 Å². The van der Waals surface area contributed by atoms with Gasteiger partial charge in [-0.15, -0.1) is 24.0 Å². The second kappa shape index (κ2) is 13.1. The SMILES string of the molecule is CCNC(=NCc1ccc(C(=O)NC(C)CC)cc1)NCCc1ccc2c(c1)OCO2.I. The number of carbonyl (C=O) groups is 1. The van der Waals surface area contributed by atoms with Crippen LogP contribution in [0.3, 0.4) is 0 Å². The molecule has 0 saturated heterocycles. The van der Waals surface area contributed by atoms with Gasteiger partial charge in [-0.3, -0.25) is 4.79 Å². The molecule has 7 nitrogen and oxygen atoms in total. The third-order valence-electron chi connectivity index (χ3n) is 5.11. The van der Waals surface area contributed by atoms with E-state index in [4.69, 9.17) is 9.47 Å². The van der Waals surface area contributed by atoms with Crippen LogP contribution in [0.15, 0.2) is 47.5 Å². The number of halogens is 1. The van der Waals surface area contributed by atoms with Gasteiger partial charge in [-0.2, -0.15) is 0 Å². The molecule has 1 unspecified atom stereocenters. The molecule has 8 heteroatoms. The highest BCUT2D eigenvalue weighted by molar-refractivity contribution is 14.0. The number of hydrogen-bond donors (Lipinski definition) is 3. The Labute approximate surface area is 207 Å². The Hall–Kier alpha value is -2.49. The molecule has 0 spiro atoms. The van der Waals surface area contributed by atoms with Crippen LogP contribution in [0, 0.1) is 0 Å². The van der Waals surface area contributed by atoms with Gasteiger partial charge in [0, 0.05) is 24.7 Å². The van der Waals surface area contributed by atoms with Gasteiger partial charge in [0.05, 0.1) is 6.54 Å². The largest absolute Gasteiger partial charge is 0.454 e. The predicted octanol–water partition coefficient (Wildman–Crippen LogP) is 3.86. The first-order valence-corrected chi connectivity index (χ1v) is 10.9. The summed E-state index contributed by atoms with van der Waals surface area (Å²) in [7, 11) is 0. The fourth-order valence-corrected chi connectivity index (χ4v) is 3.10. The molecule has 1 amide bonds. The van der Waals surface area contributed by atoms with Crippen molar-refractivity contribution in [2.24, 2.45) is 4.99 Å². The maximum absolute atomic E-state index is 12.2. The lowest BCUT2D eigenvalue weighted by Gasteiger charge is -2.12. The third kappa shape index (κ3) is 7.58. The zero-order chi connectivity index (χ0) is 22.1. The van der Waals surface area contributed by atoms with Crippen LogP contribution in [0.2, 0.25) is 0 Å². The molecule has 3 N–H and O–H groups in total. The van der Waals surface area contributed by atoms with Crippen molar-refractivity contribution in [3.63, 3.8) is 0 Å². The number of amides is 1. The molecule has 2 aromatic carbocycles. The highest BCUT2D eigenvalue weighted by Crippen LogP contribution is 2.32. The smallest absolute Gasteiger partial charge is 0.251 e. The summed E-state index contributed by atoms with van der Waals surface area (Å²) in [4.78, 5) is 16.9. The number of carbonyl (C=O) groups excluding carboxylic acids is 1. The highest BCUT2D eigenvalue weighted by Gasteiger charge is 2.13. The molecule has 0 aliphatic carbocycles. The van der Waals surface area contributed by atoms with Gasteiger partial charge in [-0.25, -0.2) is 4.99 Å². The van der Waals surface area contributed by atoms with Gasteiger partial charge < -0.3 is 25.4 Å². The average Bonchev–Trinajstić information content (AvgIpc) is 3.25. The van der Waals surface area contributed by atoms with Crippen molar-refractivity contribution in [2.45, 2.75) is 46.2 Å². The zero-order valence-corrected chi connectivity index (χ0v) is 21.3. The number of fused-ring (bicyclic) bond motifs is 1. The Morgan fingerprint density at radius 2 is 1.75 bits per heavy atom. The topological polar surface area (TPSA) is 84.0 Å². The number of aliphatic imine (C=N–C) groups is 1. The van der Waals surface area contributed by atoms with Crippen LogP contribution in [0.1, 0.15) is 48.7 Å². The van der Waals surface area contributed by atoms with E-state index in [9.17, 15) is 4.79 Å². The van der Waals surface area contributed by atoms with E-state index in [0.29, 0.717) is 12.1 Å². The van der Waals surface area contributed by atoms with E-state index in [2.05, 4.69) is 33.9 Å². The van der Waals surface area contributed by atoms with Crippen molar-refractivity contribution in [3.8, 4) is 11.5 Å². The van der Waals surface area contributed by atoms with Crippen LogP contribution >= 0.6 is 24.0 Å². The monoisotopic (exact) mass is 552 g/mol. The number of benzene rings is 2. The number of hydrogen-bond acceptors (Lipinski definition) is 4. The molecular formula is C24H33IN4O3. The van der Waals surface area contributed by atoms with E-state index in [1.807, 2.05) is 50.2 Å². The second-order valence-corrected chi connectivity index (χ2v) is 7.54. The number of guanidine groups is 1. The Bertz CT molecular complexity index is 903. The molecule has 0 bridgehead atoms. The standard InChI is InChI=1S/C24H32N4O3.HI/c1-4-17(3)28-23(29)20-9-6-19(7-10-20)15-27-24(25-5-2)26-13-12-18-8-11-21-22(14-18)31-16-30-21;/h6-11,14,17H,4-5,12-13,15-16H2,1-3H3,(H,28,29)(H2,25,26,27);1H. The van der Waals surface area contributed by atoms with Gasteiger partial charge in [0.15, 0.2) is 17.5 Å². The van der Waals surface area contributed by atoms with Gasteiger partial charge in [0.25, 0.3) is 5.91 Å². The Balaban J connectivity index is 0.00000363. The summed E-state index contributed by atoms with van der Waals surface area (Å²) >= 11 is 0. The summed E-state index contributed by atoms with van der Waals surface area (Å²) in [5.74, 6) is 2.33. The third-order valence-corrected chi connectivity index (χ3v) is 5.11. The lowest BCUT2D eigenvalue weighted by molar-refractivity contribution is 0.0939. The van der Waals surface area contributed by atoms with Crippen molar-refractivity contribution in [2.75, 3.05) is 19.9 Å². The fourth-order valence-electron chi connectivity index (χ4n) is 3.10. The maximum atomic E-state index is 12.2. The van der Waals surface area contributed by atoms with Crippen LogP contribution in [-0.4, -0.2) is 37.8 Å². The van der Waals surface area contributed by atoms with Crippen LogP contribution in [0.5, 0.6) is 11.5 Å². The van der Waals surface area contributed by atoms with Crippen molar-refractivity contribution in [3.05, 3.63) is 59.2 Å². The minimum absolute atomic E-state index is 0. The summed E-state index contributed by atoms with van der Waals surface area (Å²) < 4.78 is 10.8. The molecule has 1 aliphatic rings. The van der Waals surface area contributed by atoms with E-state index >= 15 is 0 Å². The average molecular weight is 552 g/mol. The Morgan fingerprint density at radius 3 is 2.47 bits per heavy atom. The normalized spacial score (nSPS) is 13.2. The molecule has 32 heavy (non-hydrogen) atoms. The molecule has 0 aromatic heterocycles. The lowest BCUT2D eigenvalue weighted by Crippen LogP contribution is -2.38. The quantitative estimate of drug-likeness (QED) is 0.250. The zero-order valence-electron chi connectivity index (χ0n) is 18.9. The second-order valence-electron chi connectivity index (χ2n) is 7.54. The van der Waals surface area contributed by atoms with E-state index in [0.717, 1.165) is 49.0 Å². The van der Waals surface area contributed by atoms with E-state index in [1.54, 1.807) is 0 Å². The van der Waals surface area contributed by atoms with Gasteiger partial charge in [-0.1, -0.05) is 25.1 Å². The Kier molecular flexibility index (Phi) is 10.6. The maximum Gasteiger partial charge on any atom is 0.251 e. The lowest BCUT2D eigenvalue weighted by atomic mass is 10.1. The molecule has 3 rings (SSSR count). The van der Waals surface area contributed by atoms with Crippen molar-refractivity contribution in [1.29, 1.82) is 0 Å². The minimum Gasteiger partial charge on any atom is -0.454 e.